The Labute approximate surface area is 113 Å². The standard InChI is InChI=1S/C15H20N2O2/c16-13-10-19-9-12(13)15(18)17-8-4-7-14(17)11-5-2-1-3-6-11/h1-3,5-6,12-14H,4,7-10,16H2. The zero-order chi connectivity index (χ0) is 13.2. The molecule has 1 aromatic carbocycles. The number of carbonyl (C=O) groups excluding carboxylic acids is 1. The van der Waals surface area contributed by atoms with Crippen LogP contribution in [-0.2, 0) is 9.53 Å². The highest BCUT2D eigenvalue weighted by Crippen LogP contribution is 2.33. The Morgan fingerprint density at radius 2 is 2.05 bits per heavy atom. The van der Waals surface area contributed by atoms with Gasteiger partial charge in [0.1, 0.15) is 0 Å². The number of amides is 1. The molecule has 1 amide bonds. The summed E-state index contributed by atoms with van der Waals surface area (Å²) in [5, 5.41) is 0. The molecule has 2 heterocycles. The van der Waals surface area contributed by atoms with Crippen molar-refractivity contribution in [2.24, 2.45) is 11.7 Å². The molecule has 3 atom stereocenters. The van der Waals surface area contributed by atoms with Gasteiger partial charge in [0.15, 0.2) is 0 Å². The van der Waals surface area contributed by atoms with Crippen LogP contribution in [0.2, 0.25) is 0 Å². The number of benzene rings is 1. The van der Waals surface area contributed by atoms with E-state index in [0.717, 1.165) is 19.4 Å². The van der Waals surface area contributed by atoms with Crippen molar-refractivity contribution in [2.45, 2.75) is 24.9 Å². The van der Waals surface area contributed by atoms with Gasteiger partial charge in [0, 0.05) is 12.6 Å². The van der Waals surface area contributed by atoms with Gasteiger partial charge in [-0.05, 0) is 18.4 Å². The third-order valence-electron chi connectivity index (χ3n) is 4.16. The van der Waals surface area contributed by atoms with Crippen molar-refractivity contribution < 1.29 is 9.53 Å². The first-order valence-electron chi connectivity index (χ1n) is 6.96. The van der Waals surface area contributed by atoms with Gasteiger partial charge in [-0.1, -0.05) is 30.3 Å². The first-order valence-corrected chi connectivity index (χ1v) is 6.96. The molecule has 0 aliphatic carbocycles. The van der Waals surface area contributed by atoms with Crippen LogP contribution in [0.25, 0.3) is 0 Å². The van der Waals surface area contributed by atoms with Gasteiger partial charge in [-0.15, -0.1) is 0 Å². The number of carbonyl (C=O) groups is 1. The van der Waals surface area contributed by atoms with E-state index in [2.05, 4.69) is 12.1 Å². The normalized spacial score (nSPS) is 30.8. The molecule has 0 bridgehead atoms. The summed E-state index contributed by atoms with van der Waals surface area (Å²) >= 11 is 0. The largest absolute Gasteiger partial charge is 0.379 e. The molecule has 2 aliphatic heterocycles. The smallest absolute Gasteiger partial charge is 0.230 e. The van der Waals surface area contributed by atoms with Crippen LogP contribution in [0, 0.1) is 5.92 Å². The second-order valence-corrected chi connectivity index (χ2v) is 5.41. The quantitative estimate of drug-likeness (QED) is 0.872. The van der Waals surface area contributed by atoms with Crippen LogP contribution in [0.4, 0.5) is 0 Å². The minimum Gasteiger partial charge on any atom is -0.379 e. The number of hydrogen-bond acceptors (Lipinski definition) is 3. The van der Waals surface area contributed by atoms with Gasteiger partial charge < -0.3 is 15.4 Å². The molecule has 19 heavy (non-hydrogen) atoms. The maximum absolute atomic E-state index is 12.6. The highest BCUT2D eigenvalue weighted by atomic mass is 16.5. The lowest BCUT2D eigenvalue weighted by Crippen LogP contribution is -2.43. The van der Waals surface area contributed by atoms with Gasteiger partial charge in [0.2, 0.25) is 5.91 Å². The molecule has 0 aromatic heterocycles. The lowest BCUT2D eigenvalue weighted by atomic mass is 10.00. The van der Waals surface area contributed by atoms with Gasteiger partial charge in [0.25, 0.3) is 0 Å². The Hall–Kier alpha value is -1.39. The molecule has 102 valence electrons. The van der Waals surface area contributed by atoms with E-state index >= 15 is 0 Å². The number of ether oxygens (including phenoxy) is 1. The molecule has 2 N–H and O–H groups in total. The van der Waals surface area contributed by atoms with Crippen molar-refractivity contribution in [2.75, 3.05) is 19.8 Å². The summed E-state index contributed by atoms with van der Waals surface area (Å²) in [5.41, 5.74) is 7.18. The Morgan fingerprint density at radius 3 is 2.74 bits per heavy atom. The van der Waals surface area contributed by atoms with Crippen molar-refractivity contribution >= 4 is 5.91 Å². The molecule has 2 saturated heterocycles. The maximum Gasteiger partial charge on any atom is 0.230 e. The average molecular weight is 260 g/mol. The molecule has 3 unspecified atom stereocenters. The second-order valence-electron chi connectivity index (χ2n) is 5.41. The Morgan fingerprint density at radius 1 is 1.26 bits per heavy atom. The van der Waals surface area contributed by atoms with Gasteiger partial charge in [0.05, 0.1) is 25.2 Å². The molecule has 4 nitrogen and oxygen atoms in total. The number of nitrogens with zero attached hydrogens (tertiary/aromatic N) is 1. The number of likely N-dealkylation sites (tertiary alicyclic amines) is 1. The summed E-state index contributed by atoms with van der Waals surface area (Å²) in [6, 6.07) is 10.3. The molecule has 3 rings (SSSR count). The topological polar surface area (TPSA) is 55.6 Å². The Balaban J connectivity index is 1.78. The van der Waals surface area contributed by atoms with E-state index in [1.807, 2.05) is 23.1 Å². The molecular weight excluding hydrogens is 240 g/mol. The van der Waals surface area contributed by atoms with Gasteiger partial charge in [-0.2, -0.15) is 0 Å². The summed E-state index contributed by atoms with van der Waals surface area (Å²) < 4.78 is 5.32. The van der Waals surface area contributed by atoms with Gasteiger partial charge in [-0.3, -0.25) is 4.79 Å². The van der Waals surface area contributed by atoms with Crippen molar-refractivity contribution in [3.05, 3.63) is 35.9 Å². The van der Waals surface area contributed by atoms with Crippen LogP contribution in [-0.4, -0.2) is 36.6 Å². The summed E-state index contributed by atoms with van der Waals surface area (Å²) in [5.74, 6) is 0.000616. The fraction of sp³-hybridized carbons (Fsp3) is 0.533. The lowest BCUT2D eigenvalue weighted by molar-refractivity contribution is -0.136. The first kappa shape index (κ1) is 12.6. The maximum atomic E-state index is 12.6. The van der Waals surface area contributed by atoms with Crippen LogP contribution >= 0.6 is 0 Å². The van der Waals surface area contributed by atoms with E-state index in [9.17, 15) is 4.79 Å². The molecule has 0 radical (unpaired) electrons. The zero-order valence-electron chi connectivity index (χ0n) is 11.0. The van der Waals surface area contributed by atoms with Gasteiger partial charge in [-0.25, -0.2) is 0 Å². The predicted molar refractivity (Wildman–Crippen MR) is 72.4 cm³/mol. The van der Waals surface area contributed by atoms with Crippen LogP contribution in [0.5, 0.6) is 0 Å². The van der Waals surface area contributed by atoms with Gasteiger partial charge >= 0.3 is 0 Å². The SMILES string of the molecule is NC1COCC1C(=O)N1CCCC1c1ccccc1. The number of nitrogens with two attached hydrogens (primary N) is 1. The Bertz CT molecular complexity index is 449. The molecule has 2 aliphatic rings. The molecular formula is C15H20N2O2. The lowest BCUT2D eigenvalue weighted by Gasteiger charge is -2.28. The van der Waals surface area contributed by atoms with Crippen LogP contribution in [0.3, 0.4) is 0 Å². The van der Waals surface area contributed by atoms with Crippen molar-refractivity contribution in [3.8, 4) is 0 Å². The van der Waals surface area contributed by atoms with E-state index in [4.69, 9.17) is 10.5 Å². The molecule has 0 saturated carbocycles. The minimum absolute atomic E-state index is 0.149. The van der Waals surface area contributed by atoms with Crippen molar-refractivity contribution in [1.29, 1.82) is 0 Å². The van der Waals surface area contributed by atoms with Crippen LogP contribution in [0.15, 0.2) is 30.3 Å². The molecule has 1 aromatic rings. The number of hydrogen-bond donors (Lipinski definition) is 1. The summed E-state index contributed by atoms with van der Waals surface area (Å²) in [6.07, 6.45) is 2.10. The summed E-state index contributed by atoms with van der Waals surface area (Å²) in [6.45, 7) is 1.81. The van der Waals surface area contributed by atoms with E-state index in [0.29, 0.717) is 13.2 Å². The minimum atomic E-state index is -0.163. The fourth-order valence-corrected chi connectivity index (χ4v) is 3.09. The number of rotatable bonds is 2. The Kier molecular flexibility index (Phi) is 3.53. The fourth-order valence-electron chi connectivity index (χ4n) is 3.09. The van der Waals surface area contributed by atoms with E-state index in [1.165, 1.54) is 5.56 Å². The van der Waals surface area contributed by atoms with Crippen LogP contribution in [0.1, 0.15) is 24.4 Å². The molecule has 0 spiro atoms. The second kappa shape index (κ2) is 5.31. The van der Waals surface area contributed by atoms with E-state index < -0.39 is 0 Å². The molecule has 2 fully saturated rings. The van der Waals surface area contributed by atoms with Crippen molar-refractivity contribution in [1.82, 2.24) is 4.90 Å². The highest BCUT2D eigenvalue weighted by Gasteiger charge is 2.38. The average Bonchev–Trinajstić information content (AvgIpc) is 3.07. The first-order chi connectivity index (χ1) is 9.27. The third-order valence-corrected chi connectivity index (χ3v) is 4.16. The monoisotopic (exact) mass is 260 g/mol. The van der Waals surface area contributed by atoms with E-state index in [-0.39, 0.29) is 23.9 Å². The van der Waals surface area contributed by atoms with Crippen LogP contribution < -0.4 is 5.73 Å². The molecule has 4 heteroatoms. The predicted octanol–water partition coefficient (Wildman–Crippen LogP) is 1.32. The zero-order valence-corrected chi connectivity index (χ0v) is 11.0. The van der Waals surface area contributed by atoms with E-state index in [1.54, 1.807) is 0 Å². The highest BCUT2D eigenvalue weighted by molar-refractivity contribution is 5.80. The third kappa shape index (κ3) is 2.38. The summed E-state index contributed by atoms with van der Waals surface area (Å²) in [7, 11) is 0. The van der Waals surface area contributed by atoms with Crippen molar-refractivity contribution in [3.63, 3.8) is 0 Å². The summed E-state index contributed by atoms with van der Waals surface area (Å²) in [4.78, 5) is 14.6.